The Morgan fingerprint density at radius 2 is 1.40 bits per heavy atom. The van der Waals surface area contributed by atoms with Gasteiger partial charge in [0.1, 0.15) is 35.7 Å². The molecule has 0 saturated carbocycles. The number of hydrogen-bond acceptors (Lipinski definition) is 7. The quantitative estimate of drug-likeness (QED) is 0.637. The van der Waals surface area contributed by atoms with E-state index in [2.05, 4.69) is 9.80 Å². The third-order valence-electron chi connectivity index (χ3n) is 5.32. The number of aliphatic hydroxyl groups is 1. The minimum absolute atomic E-state index is 0.271. The van der Waals surface area contributed by atoms with Crippen LogP contribution in [-0.4, -0.2) is 81.7 Å². The van der Waals surface area contributed by atoms with Gasteiger partial charge in [-0.3, -0.25) is 9.80 Å². The first kappa shape index (κ1) is 22.2. The van der Waals surface area contributed by atoms with E-state index in [1.54, 1.807) is 21.3 Å². The van der Waals surface area contributed by atoms with Crippen molar-refractivity contribution >= 4 is 0 Å². The van der Waals surface area contributed by atoms with Crippen LogP contribution in [0.2, 0.25) is 0 Å². The van der Waals surface area contributed by atoms with Crippen LogP contribution in [0.5, 0.6) is 23.0 Å². The van der Waals surface area contributed by atoms with Gasteiger partial charge in [0, 0.05) is 44.8 Å². The Bertz CT molecular complexity index is 776. The number of methoxy groups -OCH3 is 3. The van der Waals surface area contributed by atoms with Crippen molar-refractivity contribution in [2.75, 3.05) is 60.7 Å². The average molecular weight is 417 g/mol. The fourth-order valence-corrected chi connectivity index (χ4v) is 3.59. The van der Waals surface area contributed by atoms with Gasteiger partial charge < -0.3 is 24.1 Å². The maximum Gasteiger partial charge on any atom is 0.123 e. The molecule has 0 bridgehead atoms. The Kier molecular flexibility index (Phi) is 8.19. The zero-order chi connectivity index (χ0) is 21.3. The van der Waals surface area contributed by atoms with Crippen molar-refractivity contribution in [1.29, 1.82) is 0 Å². The molecule has 1 atom stereocenters. The van der Waals surface area contributed by atoms with E-state index in [1.807, 2.05) is 42.5 Å². The van der Waals surface area contributed by atoms with Crippen LogP contribution in [0.25, 0.3) is 0 Å². The van der Waals surface area contributed by atoms with Crippen LogP contribution in [0.3, 0.4) is 0 Å². The van der Waals surface area contributed by atoms with E-state index in [9.17, 15) is 5.11 Å². The maximum absolute atomic E-state index is 10.4. The zero-order valence-electron chi connectivity index (χ0n) is 18.0. The number of aliphatic hydroxyl groups excluding tert-OH is 1. The molecule has 1 aliphatic rings. The first-order chi connectivity index (χ1) is 14.6. The van der Waals surface area contributed by atoms with Gasteiger partial charge in [-0.2, -0.15) is 0 Å². The Morgan fingerprint density at radius 1 is 0.800 bits per heavy atom. The van der Waals surface area contributed by atoms with E-state index in [0.29, 0.717) is 6.54 Å². The third-order valence-corrected chi connectivity index (χ3v) is 5.32. The molecule has 0 radical (unpaired) electrons. The molecule has 2 aromatic carbocycles. The lowest BCUT2D eigenvalue weighted by Gasteiger charge is -2.35. The van der Waals surface area contributed by atoms with Crippen LogP contribution < -0.4 is 18.9 Å². The SMILES string of the molecule is COc1ccc(OCC(O)CN2CCN(Cc3cc(OC)ccc3OC)CC2)cc1. The molecule has 2 aromatic rings. The molecule has 30 heavy (non-hydrogen) atoms. The normalized spacial score (nSPS) is 16.1. The molecule has 0 aromatic heterocycles. The molecule has 7 nitrogen and oxygen atoms in total. The van der Waals surface area contributed by atoms with E-state index in [0.717, 1.165) is 61.3 Å². The smallest absolute Gasteiger partial charge is 0.123 e. The Hall–Kier alpha value is -2.48. The standard InChI is InChI=1S/C23H32N2O5/c1-27-20-4-6-21(7-5-20)30-17-19(26)16-25-12-10-24(11-13-25)15-18-14-22(28-2)8-9-23(18)29-3/h4-9,14,19,26H,10-13,15-17H2,1-3H3. The summed E-state index contributed by atoms with van der Waals surface area (Å²) in [4.78, 5) is 4.68. The Balaban J connectivity index is 1.41. The lowest BCUT2D eigenvalue weighted by Crippen LogP contribution is -2.48. The highest BCUT2D eigenvalue weighted by Crippen LogP contribution is 2.25. The monoisotopic (exact) mass is 416 g/mol. The van der Waals surface area contributed by atoms with Crippen molar-refractivity contribution in [2.24, 2.45) is 0 Å². The molecule has 1 N–H and O–H groups in total. The largest absolute Gasteiger partial charge is 0.497 e. The number of β-amino-alcohol motifs (C(OH)–C–C–N with tert-alkyl or cyclic N) is 1. The third kappa shape index (κ3) is 6.26. The van der Waals surface area contributed by atoms with E-state index < -0.39 is 6.10 Å². The van der Waals surface area contributed by atoms with Gasteiger partial charge in [0.05, 0.1) is 21.3 Å². The van der Waals surface area contributed by atoms with Crippen molar-refractivity contribution < 1.29 is 24.1 Å². The first-order valence-corrected chi connectivity index (χ1v) is 10.2. The van der Waals surface area contributed by atoms with E-state index in [1.165, 1.54) is 0 Å². The van der Waals surface area contributed by atoms with Gasteiger partial charge in [-0.25, -0.2) is 0 Å². The van der Waals surface area contributed by atoms with Gasteiger partial charge >= 0.3 is 0 Å². The molecule has 0 spiro atoms. The lowest BCUT2D eigenvalue weighted by molar-refractivity contribution is 0.0445. The maximum atomic E-state index is 10.4. The number of benzene rings is 2. The van der Waals surface area contributed by atoms with Crippen LogP contribution in [-0.2, 0) is 6.54 Å². The van der Waals surface area contributed by atoms with E-state index >= 15 is 0 Å². The summed E-state index contributed by atoms with van der Waals surface area (Å²) in [5.74, 6) is 3.23. The van der Waals surface area contributed by atoms with Crippen LogP contribution in [0.1, 0.15) is 5.56 Å². The minimum atomic E-state index is -0.530. The van der Waals surface area contributed by atoms with Crippen LogP contribution in [0, 0.1) is 0 Å². The van der Waals surface area contributed by atoms with Crippen molar-refractivity contribution in [3.63, 3.8) is 0 Å². The fraction of sp³-hybridized carbons (Fsp3) is 0.478. The number of rotatable bonds is 10. The van der Waals surface area contributed by atoms with E-state index in [-0.39, 0.29) is 6.61 Å². The number of piperazine rings is 1. The fourth-order valence-electron chi connectivity index (χ4n) is 3.59. The van der Waals surface area contributed by atoms with Gasteiger partial charge in [0.25, 0.3) is 0 Å². The molecule has 1 unspecified atom stereocenters. The molecule has 164 valence electrons. The van der Waals surface area contributed by atoms with Crippen molar-refractivity contribution in [1.82, 2.24) is 9.80 Å². The molecular formula is C23H32N2O5. The average Bonchev–Trinajstić information content (AvgIpc) is 2.79. The molecule has 1 heterocycles. The van der Waals surface area contributed by atoms with Gasteiger partial charge in [-0.05, 0) is 42.5 Å². The highest BCUT2D eigenvalue weighted by Gasteiger charge is 2.20. The van der Waals surface area contributed by atoms with Gasteiger partial charge in [-0.15, -0.1) is 0 Å². The second kappa shape index (κ2) is 11.1. The van der Waals surface area contributed by atoms with E-state index in [4.69, 9.17) is 18.9 Å². The zero-order valence-corrected chi connectivity index (χ0v) is 18.0. The topological polar surface area (TPSA) is 63.6 Å². The summed E-state index contributed by atoms with van der Waals surface area (Å²) in [5.41, 5.74) is 1.12. The number of hydrogen-bond donors (Lipinski definition) is 1. The number of ether oxygens (including phenoxy) is 4. The molecule has 1 fully saturated rings. The summed E-state index contributed by atoms with van der Waals surface area (Å²) >= 11 is 0. The second-order valence-electron chi connectivity index (χ2n) is 7.39. The van der Waals surface area contributed by atoms with Crippen LogP contribution in [0.15, 0.2) is 42.5 Å². The summed E-state index contributed by atoms with van der Waals surface area (Å²) in [6.07, 6.45) is -0.530. The predicted octanol–water partition coefficient (Wildman–Crippen LogP) is 2.27. The summed E-state index contributed by atoms with van der Waals surface area (Å²) in [5, 5.41) is 10.4. The minimum Gasteiger partial charge on any atom is -0.497 e. The molecule has 1 aliphatic heterocycles. The molecule has 0 amide bonds. The second-order valence-corrected chi connectivity index (χ2v) is 7.39. The summed E-state index contributed by atoms with van der Waals surface area (Å²) in [6.45, 7) is 5.38. The number of nitrogens with zero attached hydrogens (tertiary/aromatic N) is 2. The predicted molar refractivity (Wildman–Crippen MR) is 116 cm³/mol. The molecule has 0 aliphatic carbocycles. The molecule has 3 rings (SSSR count). The Labute approximate surface area is 178 Å². The van der Waals surface area contributed by atoms with Crippen molar-refractivity contribution in [3.8, 4) is 23.0 Å². The highest BCUT2D eigenvalue weighted by molar-refractivity contribution is 5.40. The van der Waals surface area contributed by atoms with Gasteiger partial charge in [-0.1, -0.05) is 0 Å². The first-order valence-electron chi connectivity index (χ1n) is 10.2. The highest BCUT2D eigenvalue weighted by atomic mass is 16.5. The molecular weight excluding hydrogens is 384 g/mol. The molecule has 7 heteroatoms. The van der Waals surface area contributed by atoms with Gasteiger partial charge in [0.2, 0.25) is 0 Å². The van der Waals surface area contributed by atoms with Crippen molar-refractivity contribution in [2.45, 2.75) is 12.6 Å². The van der Waals surface area contributed by atoms with Crippen molar-refractivity contribution in [3.05, 3.63) is 48.0 Å². The summed E-state index contributed by atoms with van der Waals surface area (Å²) in [6, 6.07) is 13.3. The van der Waals surface area contributed by atoms with Crippen LogP contribution in [0.4, 0.5) is 0 Å². The Morgan fingerprint density at radius 3 is 2.03 bits per heavy atom. The lowest BCUT2D eigenvalue weighted by atomic mass is 10.1. The summed E-state index contributed by atoms with van der Waals surface area (Å²) in [7, 11) is 5.00. The molecule has 1 saturated heterocycles. The van der Waals surface area contributed by atoms with Crippen LogP contribution >= 0.6 is 0 Å². The van der Waals surface area contributed by atoms with Gasteiger partial charge in [0.15, 0.2) is 0 Å². The summed E-state index contributed by atoms with van der Waals surface area (Å²) < 4.78 is 21.7.